The van der Waals surface area contributed by atoms with Crippen molar-refractivity contribution in [2.75, 3.05) is 5.32 Å². The fourth-order valence-corrected chi connectivity index (χ4v) is 2.89. The van der Waals surface area contributed by atoms with Crippen molar-refractivity contribution in [1.82, 2.24) is 14.6 Å². The number of carbonyl (C=O) groups excluding carboxylic acids is 1. The lowest BCUT2D eigenvalue weighted by Crippen LogP contribution is -2.30. The van der Waals surface area contributed by atoms with Crippen LogP contribution in [0.1, 0.15) is 12.6 Å². The van der Waals surface area contributed by atoms with Gasteiger partial charge in [0.1, 0.15) is 5.75 Å². The van der Waals surface area contributed by atoms with Crippen LogP contribution < -0.4 is 10.1 Å². The van der Waals surface area contributed by atoms with E-state index in [1.165, 1.54) is 11.3 Å². The monoisotopic (exact) mass is 380 g/mol. The Bertz CT molecular complexity index is 812. The van der Waals surface area contributed by atoms with Gasteiger partial charge in [-0.3, -0.25) is 10.1 Å². The van der Waals surface area contributed by atoms with E-state index in [4.69, 9.17) is 4.74 Å². The molecule has 1 amide bonds. The number of amides is 1. The van der Waals surface area contributed by atoms with Crippen molar-refractivity contribution in [2.45, 2.75) is 20.0 Å². The Kier molecular flexibility index (Phi) is 4.12. The number of fused-ring (bicyclic) bond motifs is 1. The third kappa shape index (κ3) is 3.12. The molecule has 0 saturated carbocycles. The van der Waals surface area contributed by atoms with Crippen LogP contribution in [0.5, 0.6) is 5.75 Å². The van der Waals surface area contributed by atoms with Gasteiger partial charge in [-0.05, 0) is 38.1 Å². The first-order valence-corrected chi connectivity index (χ1v) is 8.24. The van der Waals surface area contributed by atoms with Gasteiger partial charge in [0.2, 0.25) is 4.96 Å². The SMILES string of the molecule is Cc1csc2nc(NC(=O)C(C)Oc3ccc(Br)cc3)nn12. The molecule has 2 aromatic heterocycles. The van der Waals surface area contributed by atoms with E-state index >= 15 is 0 Å². The van der Waals surface area contributed by atoms with E-state index in [1.807, 2.05) is 24.4 Å². The summed E-state index contributed by atoms with van der Waals surface area (Å²) in [4.78, 5) is 17.1. The fourth-order valence-electron chi connectivity index (χ4n) is 1.83. The molecule has 22 heavy (non-hydrogen) atoms. The Hall–Kier alpha value is -1.93. The topological polar surface area (TPSA) is 68.5 Å². The number of thiazole rings is 1. The Morgan fingerprint density at radius 2 is 2.14 bits per heavy atom. The predicted octanol–water partition coefficient (Wildman–Crippen LogP) is 3.27. The largest absolute Gasteiger partial charge is 0.481 e. The van der Waals surface area contributed by atoms with Crippen LogP contribution >= 0.6 is 27.3 Å². The van der Waals surface area contributed by atoms with Crippen molar-refractivity contribution in [3.8, 4) is 5.75 Å². The second-order valence-corrected chi connectivity index (χ2v) is 6.46. The summed E-state index contributed by atoms with van der Waals surface area (Å²) in [6, 6.07) is 7.30. The van der Waals surface area contributed by atoms with Gasteiger partial charge in [0, 0.05) is 9.85 Å². The van der Waals surface area contributed by atoms with Gasteiger partial charge in [-0.1, -0.05) is 15.9 Å². The van der Waals surface area contributed by atoms with Crippen molar-refractivity contribution < 1.29 is 9.53 Å². The summed E-state index contributed by atoms with van der Waals surface area (Å²) in [5.74, 6) is 0.616. The molecule has 6 nitrogen and oxygen atoms in total. The van der Waals surface area contributed by atoms with Crippen molar-refractivity contribution in [1.29, 1.82) is 0 Å². The molecule has 3 aromatic rings. The van der Waals surface area contributed by atoms with Gasteiger partial charge in [0.05, 0.1) is 5.69 Å². The summed E-state index contributed by atoms with van der Waals surface area (Å²) < 4.78 is 8.24. The quantitative estimate of drug-likeness (QED) is 0.753. The van der Waals surface area contributed by atoms with Crippen LogP contribution in [0.15, 0.2) is 34.1 Å². The lowest BCUT2D eigenvalue weighted by Gasteiger charge is -2.13. The molecule has 3 rings (SSSR count). The highest BCUT2D eigenvalue weighted by Gasteiger charge is 2.17. The number of halogens is 1. The average Bonchev–Trinajstić information content (AvgIpc) is 3.03. The molecule has 0 aliphatic heterocycles. The first-order valence-electron chi connectivity index (χ1n) is 6.57. The molecule has 1 aromatic carbocycles. The number of rotatable bonds is 4. The minimum atomic E-state index is -0.649. The highest BCUT2D eigenvalue weighted by molar-refractivity contribution is 9.10. The summed E-state index contributed by atoms with van der Waals surface area (Å²) in [5, 5.41) is 8.86. The molecule has 0 aliphatic rings. The first kappa shape index (κ1) is 15.0. The van der Waals surface area contributed by atoms with Gasteiger partial charge in [-0.2, -0.15) is 4.98 Å². The number of benzene rings is 1. The van der Waals surface area contributed by atoms with E-state index in [0.717, 1.165) is 15.1 Å². The Balaban J connectivity index is 1.66. The highest BCUT2D eigenvalue weighted by atomic mass is 79.9. The third-order valence-electron chi connectivity index (χ3n) is 2.98. The number of hydrogen-bond acceptors (Lipinski definition) is 5. The van der Waals surface area contributed by atoms with Crippen LogP contribution in [-0.2, 0) is 4.79 Å². The summed E-state index contributed by atoms with van der Waals surface area (Å²) in [7, 11) is 0. The predicted molar refractivity (Wildman–Crippen MR) is 88.5 cm³/mol. The fraction of sp³-hybridized carbons (Fsp3) is 0.214. The Morgan fingerprint density at radius 1 is 1.41 bits per heavy atom. The zero-order chi connectivity index (χ0) is 15.7. The van der Waals surface area contributed by atoms with Gasteiger partial charge >= 0.3 is 0 Å². The number of aryl methyl sites for hydroxylation is 1. The van der Waals surface area contributed by atoms with E-state index in [0.29, 0.717) is 5.75 Å². The number of ether oxygens (including phenoxy) is 1. The lowest BCUT2D eigenvalue weighted by molar-refractivity contribution is -0.122. The maximum absolute atomic E-state index is 12.1. The number of hydrogen-bond donors (Lipinski definition) is 1. The second-order valence-electron chi connectivity index (χ2n) is 4.71. The molecule has 0 radical (unpaired) electrons. The normalized spacial score (nSPS) is 12.3. The van der Waals surface area contributed by atoms with E-state index < -0.39 is 6.10 Å². The molecular weight excluding hydrogens is 368 g/mol. The van der Waals surface area contributed by atoms with Gasteiger partial charge in [0.25, 0.3) is 11.9 Å². The smallest absolute Gasteiger partial charge is 0.267 e. The summed E-state index contributed by atoms with van der Waals surface area (Å²) in [5.41, 5.74) is 0.979. The molecule has 0 bridgehead atoms. The minimum absolute atomic E-state index is 0.284. The van der Waals surface area contributed by atoms with Gasteiger partial charge in [-0.25, -0.2) is 4.52 Å². The van der Waals surface area contributed by atoms with Gasteiger partial charge in [0.15, 0.2) is 6.10 Å². The highest BCUT2D eigenvalue weighted by Crippen LogP contribution is 2.18. The first-order chi connectivity index (χ1) is 10.5. The molecule has 0 spiro atoms. The number of nitrogens with one attached hydrogen (secondary N) is 1. The summed E-state index contributed by atoms with van der Waals surface area (Å²) in [6.45, 7) is 3.62. The van der Waals surface area contributed by atoms with E-state index in [-0.39, 0.29) is 11.9 Å². The van der Waals surface area contributed by atoms with E-state index in [1.54, 1.807) is 23.6 Å². The van der Waals surface area contributed by atoms with Crippen LogP contribution in [0.4, 0.5) is 5.95 Å². The second kappa shape index (κ2) is 6.05. The van der Waals surface area contributed by atoms with Crippen LogP contribution in [0.25, 0.3) is 4.96 Å². The molecule has 2 heterocycles. The van der Waals surface area contributed by atoms with Crippen LogP contribution in [0, 0.1) is 6.92 Å². The standard InChI is InChI=1S/C14H13BrN4O2S/c1-8-7-22-14-17-13(18-19(8)14)16-12(20)9(2)21-11-5-3-10(15)4-6-11/h3-7,9H,1-2H3,(H,16,18,20). The Morgan fingerprint density at radius 3 is 2.82 bits per heavy atom. The molecular formula is C14H13BrN4O2S. The average molecular weight is 381 g/mol. The zero-order valence-corrected chi connectivity index (χ0v) is 14.3. The zero-order valence-electron chi connectivity index (χ0n) is 11.9. The molecule has 1 atom stereocenters. The molecule has 1 unspecified atom stereocenters. The third-order valence-corrected chi connectivity index (χ3v) is 4.44. The summed E-state index contributed by atoms with van der Waals surface area (Å²) in [6.07, 6.45) is -0.649. The molecule has 0 aliphatic carbocycles. The van der Waals surface area contributed by atoms with Gasteiger partial charge in [-0.15, -0.1) is 16.4 Å². The Labute approximate surface area is 139 Å². The van der Waals surface area contributed by atoms with E-state index in [9.17, 15) is 4.79 Å². The molecule has 0 saturated heterocycles. The maximum atomic E-state index is 12.1. The maximum Gasteiger partial charge on any atom is 0.267 e. The summed E-state index contributed by atoms with van der Waals surface area (Å²) >= 11 is 4.83. The van der Waals surface area contributed by atoms with E-state index in [2.05, 4.69) is 31.3 Å². The number of anilines is 1. The number of nitrogens with zero attached hydrogens (tertiary/aromatic N) is 3. The van der Waals surface area contributed by atoms with Crippen LogP contribution in [-0.4, -0.2) is 26.6 Å². The van der Waals surface area contributed by atoms with Crippen molar-refractivity contribution in [2.24, 2.45) is 0 Å². The van der Waals surface area contributed by atoms with Crippen molar-refractivity contribution >= 4 is 44.1 Å². The lowest BCUT2D eigenvalue weighted by atomic mass is 10.3. The number of carbonyl (C=O) groups is 1. The molecule has 8 heteroatoms. The van der Waals surface area contributed by atoms with Crippen LogP contribution in [0.3, 0.4) is 0 Å². The van der Waals surface area contributed by atoms with Crippen LogP contribution in [0.2, 0.25) is 0 Å². The number of aromatic nitrogens is 3. The molecule has 1 N–H and O–H groups in total. The van der Waals surface area contributed by atoms with Crippen molar-refractivity contribution in [3.05, 3.63) is 39.8 Å². The molecule has 114 valence electrons. The minimum Gasteiger partial charge on any atom is -0.481 e. The van der Waals surface area contributed by atoms with Gasteiger partial charge < -0.3 is 4.74 Å². The van der Waals surface area contributed by atoms with Crippen molar-refractivity contribution in [3.63, 3.8) is 0 Å². The molecule has 0 fully saturated rings.